The first kappa shape index (κ1) is 28.2. The van der Waals surface area contributed by atoms with Gasteiger partial charge in [0.15, 0.2) is 0 Å². The lowest BCUT2D eigenvalue weighted by molar-refractivity contribution is -0.164. The quantitative estimate of drug-likeness (QED) is 0.310. The highest BCUT2D eigenvalue weighted by atomic mass is 32.2. The van der Waals surface area contributed by atoms with Gasteiger partial charge < -0.3 is 24.1 Å². The van der Waals surface area contributed by atoms with Gasteiger partial charge in [-0.05, 0) is 55.0 Å². The highest BCUT2D eigenvalue weighted by molar-refractivity contribution is 7.89. The molecule has 3 rings (SSSR count). The molecule has 0 unspecified atom stereocenters. The van der Waals surface area contributed by atoms with Crippen LogP contribution in [0.5, 0.6) is 5.75 Å². The van der Waals surface area contributed by atoms with Gasteiger partial charge >= 0.3 is 5.97 Å². The van der Waals surface area contributed by atoms with E-state index in [0.29, 0.717) is 18.1 Å². The van der Waals surface area contributed by atoms with Crippen molar-refractivity contribution in [3.05, 3.63) is 48.8 Å². The van der Waals surface area contributed by atoms with E-state index in [1.165, 1.54) is 36.0 Å². The summed E-state index contributed by atoms with van der Waals surface area (Å²) in [6.07, 6.45) is 8.96. The SMILES string of the molecule is C=CCOC(=O)C1=C[C@@H](C2CCCCC2)C[C@@H](OCCN(CCO)S(=O)(=O)c2ccc(OC)cc2)O1. The number of aliphatic hydroxyl groups is 1. The monoisotopic (exact) mass is 523 g/mol. The first-order valence-corrected chi connectivity index (χ1v) is 13.9. The van der Waals surface area contributed by atoms with E-state index in [4.69, 9.17) is 18.9 Å². The smallest absolute Gasteiger partial charge is 0.373 e. The molecule has 0 amide bonds. The van der Waals surface area contributed by atoms with Crippen molar-refractivity contribution in [3.63, 3.8) is 0 Å². The minimum Gasteiger partial charge on any atom is -0.497 e. The van der Waals surface area contributed by atoms with E-state index in [9.17, 15) is 18.3 Å². The van der Waals surface area contributed by atoms with Crippen LogP contribution in [-0.2, 0) is 29.0 Å². The van der Waals surface area contributed by atoms with E-state index in [1.54, 1.807) is 12.1 Å². The average Bonchev–Trinajstić information content (AvgIpc) is 2.91. The Kier molecular flexibility index (Phi) is 10.8. The number of ether oxygens (including phenoxy) is 4. The highest BCUT2D eigenvalue weighted by Crippen LogP contribution is 2.37. The van der Waals surface area contributed by atoms with Crippen molar-refractivity contribution in [2.45, 2.75) is 49.7 Å². The zero-order valence-corrected chi connectivity index (χ0v) is 21.7. The number of benzene rings is 1. The molecule has 0 aromatic heterocycles. The molecule has 1 aliphatic carbocycles. The summed E-state index contributed by atoms with van der Waals surface area (Å²) in [5.74, 6) is 0.669. The topological polar surface area (TPSA) is 112 Å². The van der Waals surface area contributed by atoms with Crippen molar-refractivity contribution >= 4 is 16.0 Å². The molecule has 36 heavy (non-hydrogen) atoms. The summed E-state index contributed by atoms with van der Waals surface area (Å²) in [6.45, 7) is 3.29. The average molecular weight is 524 g/mol. The van der Waals surface area contributed by atoms with Crippen LogP contribution in [-0.4, -0.2) is 70.1 Å². The molecule has 2 atom stereocenters. The third-order valence-corrected chi connectivity index (χ3v) is 8.48. The maximum absolute atomic E-state index is 13.1. The molecule has 1 aromatic rings. The number of methoxy groups -OCH3 is 1. The third-order valence-electron chi connectivity index (χ3n) is 6.57. The van der Waals surface area contributed by atoms with E-state index in [2.05, 4.69) is 6.58 Å². The van der Waals surface area contributed by atoms with Crippen LogP contribution >= 0.6 is 0 Å². The van der Waals surface area contributed by atoms with Crippen LogP contribution in [0, 0.1) is 11.8 Å². The Morgan fingerprint density at radius 1 is 1.19 bits per heavy atom. The summed E-state index contributed by atoms with van der Waals surface area (Å²) >= 11 is 0. The van der Waals surface area contributed by atoms with Gasteiger partial charge in [0.1, 0.15) is 12.4 Å². The zero-order chi connectivity index (χ0) is 26.0. The summed E-state index contributed by atoms with van der Waals surface area (Å²) in [7, 11) is -2.35. The molecule has 0 bridgehead atoms. The molecule has 1 fully saturated rings. The first-order chi connectivity index (χ1) is 17.4. The summed E-state index contributed by atoms with van der Waals surface area (Å²) in [5, 5.41) is 9.47. The van der Waals surface area contributed by atoms with Crippen molar-refractivity contribution in [2.75, 3.05) is 40.0 Å². The van der Waals surface area contributed by atoms with E-state index in [-0.39, 0.29) is 49.5 Å². The minimum atomic E-state index is -3.85. The van der Waals surface area contributed by atoms with Crippen LogP contribution in [0.15, 0.2) is 53.7 Å². The van der Waals surface area contributed by atoms with Crippen LogP contribution in [0.2, 0.25) is 0 Å². The van der Waals surface area contributed by atoms with Gasteiger partial charge in [-0.2, -0.15) is 4.31 Å². The van der Waals surface area contributed by atoms with Crippen LogP contribution in [0.25, 0.3) is 0 Å². The fourth-order valence-corrected chi connectivity index (χ4v) is 6.09. The second-order valence-electron chi connectivity index (χ2n) is 8.94. The summed E-state index contributed by atoms with van der Waals surface area (Å²) < 4.78 is 49.4. The van der Waals surface area contributed by atoms with E-state index < -0.39 is 22.3 Å². The lowest BCUT2D eigenvalue weighted by Gasteiger charge is -2.35. The van der Waals surface area contributed by atoms with Crippen molar-refractivity contribution in [1.29, 1.82) is 0 Å². The number of sulfonamides is 1. The molecule has 2 aliphatic rings. The number of hydrogen-bond acceptors (Lipinski definition) is 8. The van der Waals surface area contributed by atoms with Crippen molar-refractivity contribution in [2.24, 2.45) is 11.8 Å². The lowest BCUT2D eigenvalue weighted by atomic mass is 9.77. The molecule has 0 spiro atoms. The zero-order valence-electron chi connectivity index (χ0n) is 20.8. The number of carbonyl (C=O) groups is 1. The predicted molar refractivity (Wildman–Crippen MR) is 134 cm³/mol. The Labute approximate surface area is 213 Å². The van der Waals surface area contributed by atoms with Crippen LogP contribution in [0.3, 0.4) is 0 Å². The van der Waals surface area contributed by atoms with Gasteiger partial charge in [-0.1, -0.05) is 31.9 Å². The molecule has 1 saturated carbocycles. The first-order valence-electron chi connectivity index (χ1n) is 12.4. The number of nitrogens with zero attached hydrogens (tertiary/aromatic N) is 1. The Bertz CT molecular complexity index is 986. The van der Waals surface area contributed by atoms with Crippen molar-refractivity contribution in [3.8, 4) is 5.75 Å². The number of esters is 1. The van der Waals surface area contributed by atoms with Gasteiger partial charge in [-0.15, -0.1) is 0 Å². The maximum atomic E-state index is 13.1. The second-order valence-corrected chi connectivity index (χ2v) is 10.9. The lowest BCUT2D eigenvalue weighted by Crippen LogP contribution is -2.38. The van der Waals surface area contributed by atoms with Gasteiger partial charge in [-0.3, -0.25) is 0 Å². The molecule has 1 aliphatic heterocycles. The molecule has 9 nitrogen and oxygen atoms in total. The molecule has 1 heterocycles. The second kappa shape index (κ2) is 13.8. The molecule has 1 aromatic carbocycles. The highest BCUT2D eigenvalue weighted by Gasteiger charge is 2.34. The number of rotatable bonds is 13. The van der Waals surface area contributed by atoms with Gasteiger partial charge in [-0.25, -0.2) is 13.2 Å². The van der Waals surface area contributed by atoms with Crippen LogP contribution < -0.4 is 4.74 Å². The number of hydrogen-bond donors (Lipinski definition) is 1. The van der Waals surface area contributed by atoms with E-state index >= 15 is 0 Å². The number of aliphatic hydroxyl groups excluding tert-OH is 1. The Balaban J connectivity index is 1.65. The summed E-state index contributed by atoms with van der Waals surface area (Å²) in [5.41, 5.74) is 0. The molecule has 0 radical (unpaired) electrons. The summed E-state index contributed by atoms with van der Waals surface area (Å²) in [6, 6.07) is 6.07. The van der Waals surface area contributed by atoms with Gasteiger partial charge in [0.05, 0.1) is 25.2 Å². The van der Waals surface area contributed by atoms with E-state index in [0.717, 1.165) is 25.7 Å². The Hall–Kier alpha value is -2.40. The largest absolute Gasteiger partial charge is 0.497 e. The molecule has 200 valence electrons. The fraction of sp³-hybridized carbons (Fsp3) is 0.577. The number of carbonyl (C=O) groups excluding carboxylic acids is 1. The summed E-state index contributed by atoms with van der Waals surface area (Å²) in [4.78, 5) is 12.6. The minimum absolute atomic E-state index is 0.0167. The molecule has 10 heteroatoms. The molecule has 1 N–H and O–H groups in total. The Morgan fingerprint density at radius 2 is 1.92 bits per heavy atom. The van der Waals surface area contributed by atoms with Crippen LogP contribution in [0.4, 0.5) is 0 Å². The molecular weight excluding hydrogens is 486 g/mol. The predicted octanol–water partition coefficient (Wildman–Crippen LogP) is 3.25. The van der Waals surface area contributed by atoms with Gasteiger partial charge in [0, 0.05) is 19.5 Å². The number of allylic oxidation sites excluding steroid dienone is 1. The van der Waals surface area contributed by atoms with Gasteiger partial charge in [0.25, 0.3) is 0 Å². The third kappa shape index (κ3) is 7.55. The van der Waals surface area contributed by atoms with Crippen molar-refractivity contribution < 1.29 is 37.3 Å². The fourth-order valence-electron chi connectivity index (χ4n) is 4.67. The molecular formula is C26H37NO8S. The maximum Gasteiger partial charge on any atom is 0.373 e. The van der Waals surface area contributed by atoms with E-state index in [1.807, 2.05) is 6.08 Å². The van der Waals surface area contributed by atoms with Crippen molar-refractivity contribution in [1.82, 2.24) is 4.31 Å². The van der Waals surface area contributed by atoms with Gasteiger partial charge in [0.2, 0.25) is 22.1 Å². The normalized spacial score (nSPS) is 20.9. The molecule has 0 saturated heterocycles. The standard InChI is InChI=1S/C26H37NO8S/c1-3-16-34-26(29)24-18-21(20-7-5-4-6-8-20)19-25(35-24)33-17-14-27(13-15-28)36(30,31)23-11-9-22(32-2)10-12-23/h3,9-12,18,20-21,25,28H,1,4-8,13-17,19H2,2H3/t21-,25+/m1/s1. The Morgan fingerprint density at radius 3 is 2.56 bits per heavy atom. The van der Waals surface area contributed by atoms with Crippen LogP contribution in [0.1, 0.15) is 38.5 Å².